The fourth-order valence-corrected chi connectivity index (χ4v) is 1.55. The molecule has 0 aliphatic heterocycles. The molecule has 0 saturated carbocycles. The Kier molecular flexibility index (Phi) is 5.23. The topological polar surface area (TPSA) is 61.5 Å². The van der Waals surface area contributed by atoms with E-state index in [-0.39, 0.29) is 12.4 Å². The minimum absolute atomic E-state index is 0.0295. The number of methoxy groups -OCH3 is 1. The molecule has 0 heterocycles. The van der Waals surface area contributed by atoms with Gasteiger partial charge in [0.15, 0.2) is 11.6 Å². The van der Waals surface area contributed by atoms with Gasteiger partial charge in [0.25, 0.3) is 0 Å². The lowest BCUT2D eigenvalue weighted by molar-refractivity contribution is -0.146. The van der Waals surface area contributed by atoms with E-state index in [4.69, 9.17) is 10.5 Å². The van der Waals surface area contributed by atoms with Crippen LogP contribution in [0.4, 0.5) is 8.78 Å². The molecular formula is C13H17F2NO3. The molecular weight excluding hydrogens is 256 g/mol. The van der Waals surface area contributed by atoms with Crippen molar-refractivity contribution in [1.29, 1.82) is 0 Å². The number of carbonyl (C=O) groups is 1. The van der Waals surface area contributed by atoms with Crippen molar-refractivity contribution in [2.45, 2.75) is 25.3 Å². The van der Waals surface area contributed by atoms with Crippen molar-refractivity contribution < 1.29 is 23.0 Å². The van der Waals surface area contributed by atoms with Crippen LogP contribution in [0.1, 0.15) is 19.8 Å². The van der Waals surface area contributed by atoms with Crippen LogP contribution in [0.3, 0.4) is 0 Å². The third kappa shape index (κ3) is 4.48. The van der Waals surface area contributed by atoms with Gasteiger partial charge in [-0.05, 0) is 31.9 Å². The van der Waals surface area contributed by atoms with Crippen molar-refractivity contribution in [3.05, 3.63) is 29.8 Å². The Morgan fingerprint density at radius 1 is 1.42 bits per heavy atom. The number of rotatable bonds is 6. The Morgan fingerprint density at radius 3 is 2.68 bits per heavy atom. The predicted octanol–water partition coefficient (Wildman–Crippen LogP) is 2.01. The number of benzene rings is 1. The lowest BCUT2D eigenvalue weighted by Crippen LogP contribution is -2.45. The molecule has 1 aromatic carbocycles. The standard InChI is InChI=1S/C13H17F2NO3/c1-13(16,12(17)18-2)6-3-7-19-11-5-4-9(14)8-10(11)15/h4-5,8H,3,6-7,16H2,1-2H3. The average Bonchev–Trinajstić information content (AvgIpc) is 2.35. The zero-order valence-corrected chi connectivity index (χ0v) is 10.9. The monoisotopic (exact) mass is 273 g/mol. The van der Waals surface area contributed by atoms with Crippen LogP contribution >= 0.6 is 0 Å². The third-order valence-electron chi connectivity index (χ3n) is 2.64. The van der Waals surface area contributed by atoms with Crippen molar-refractivity contribution in [3.63, 3.8) is 0 Å². The first-order valence-corrected chi connectivity index (χ1v) is 5.82. The number of nitrogens with two attached hydrogens (primary N) is 1. The van der Waals surface area contributed by atoms with Gasteiger partial charge in [0.2, 0.25) is 0 Å². The van der Waals surface area contributed by atoms with Gasteiger partial charge in [-0.25, -0.2) is 8.78 Å². The first kappa shape index (κ1) is 15.4. The Labute approximate surface area is 110 Å². The second-order valence-corrected chi connectivity index (χ2v) is 4.44. The fourth-order valence-electron chi connectivity index (χ4n) is 1.55. The number of hydrogen-bond acceptors (Lipinski definition) is 4. The van der Waals surface area contributed by atoms with Crippen LogP contribution in [-0.4, -0.2) is 25.2 Å². The van der Waals surface area contributed by atoms with Crippen LogP contribution in [0, 0.1) is 11.6 Å². The van der Waals surface area contributed by atoms with Gasteiger partial charge in [0.1, 0.15) is 11.4 Å². The molecule has 0 saturated heterocycles. The van der Waals surface area contributed by atoms with Crippen molar-refractivity contribution in [3.8, 4) is 5.75 Å². The van der Waals surface area contributed by atoms with Crippen molar-refractivity contribution in [2.75, 3.05) is 13.7 Å². The highest BCUT2D eigenvalue weighted by Crippen LogP contribution is 2.18. The third-order valence-corrected chi connectivity index (χ3v) is 2.64. The summed E-state index contributed by atoms with van der Waals surface area (Å²) in [4.78, 5) is 11.3. The molecule has 0 spiro atoms. The lowest BCUT2D eigenvalue weighted by Gasteiger charge is -2.21. The Hall–Kier alpha value is -1.69. The molecule has 0 aliphatic rings. The summed E-state index contributed by atoms with van der Waals surface area (Å²) in [6.45, 7) is 1.73. The molecule has 1 rings (SSSR count). The zero-order valence-electron chi connectivity index (χ0n) is 10.9. The van der Waals surface area contributed by atoms with Gasteiger partial charge >= 0.3 is 5.97 Å². The van der Waals surface area contributed by atoms with Crippen LogP contribution in [0.15, 0.2) is 18.2 Å². The number of carbonyl (C=O) groups excluding carboxylic acids is 1. The molecule has 0 radical (unpaired) electrons. The normalized spacial score (nSPS) is 13.7. The van der Waals surface area contributed by atoms with E-state index in [0.717, 1.165) is 12.1 Å². The number of ether oxygens (including phenoxy) is 2. The van der Waals surface area contributed by atoms with E-state index in [0.29, 0.717) is 12.8 Å². The van der Waals surface area contributed by atoms with Crippen molar-refractivity contribution in [1.82, 2.24) is 0 Å². The van der Waals surface area contributed by atoms with E-state index in [1.165, 1.54) is 13.2 Å². The molecule has 2 N–H and O–H groups in total. The zero-order chi connectivity index (χ0) is 14.5. The molecule has 0 bridgehead atoms. The van der Waals surface area contributed by atoms with E-state index in [1.807, 2.05) is 0 Å². The number of hydrogen-bond donors (Lipinski definition) is 1. The molecule has 0 aliphatic carbocycles. The number of esters is 1. The summed E-state index contributed by atoms with van der Waals surface area (Å²) in [6, 6.07) is 3.07. The molecule has 0 amide bonds. The Morgan fingerprint density at radius 2 is 2.11 bits per heavy atom. The minimum Gasteiger partial charge on any atom is -0.491 e. The first-order valence-electron chi connectivity index (χ1n) is 5.82. The number of halogens is 2. The summed E-state index contributed by atoms with van der Waals surface area (Å²) in [5, 5.41) is 0. The second kappa shape index (κ2) is 6.47. The van der Waals surface area contributed by atoms with Gasteiger partial charge in [-0.1, -0.05) is 0 Å². The lowest BCUT2D eigenvalue weighted by atomic mass is 9.98. The Bertz CT molecular complexity index is 450. The Balaban J connectivity index is 2.41. The van der Waals surface area contributed by atoms with Gasteiger partial charge in [-0.15, -0.1) is 0 Å². The summed E-state index contributed by atoms with van der Waals surface area (Å²) < 4.78 is 35.6. The average molecular weight is 273 g/mol. The van der Waals surface area contributed by atoms with Gasteiger partial charge in [-0.3, -0.25) is 4.79 Å². The van der Waals surface area contributed by atoms with E-state index in [2.05, 4.69) is 4.74 Å². The highest BCUT2D eigenvalue weighted by molar-refractivity contribution is 5.79. The van der Waals surface area contributed by atoms with Crippen LogP contribution in [-0.2, 0) is 9.53 Å². The second-order valence-electron chi connectivity index (χ2n) is 4.44. The van der Waals surface area contributed by atoms with Gasteiger partial charge < -0.3 is 15.2 Å². The summed E-state index contributed by atoms with van der Waals surface area (Å²) in [6.07, 6.45) is 0.779. The SMILES string of the molecule is COC(=O)C(C)(N)CCCOc1ccc(F)cc1F. The van der Waals surface area contributed by atoms with Gasteiger partial charge in [-0.2, -0.15) is 0 Å². The van der Waals surface area contributed by atoms with Crippen molar-refractivity contribution >= 4 is 5.97 Å². The van der Waals surface area contributed by atoms with E-state index in [1.54, 1.807) is 6.92 Å². The quantitative estimate of drug-likeness (QED) is 0.636. The first-order chi connectivity index (χ1) is 8.86. The minimum atomic E-state index is -1.10. The molecule has 0 aromatic heterocycles. The van der Waals surface area contributed by atoms with Crippen molar-refractivity contribution in [2.24, 2.45) is 5.73 Å². The highest BCUT2D eigenvalue weighted by atomic mass is 19.1. The van der Waals surface area contributed by atoms with Crippen LogP contribution < -0.4 is 10.5 Å². The predicted molar refractivity (Wildman–Crippen MR) is 65.7 cm³/mol. The molecule has 106 valence electrons. The molecule has 6 heteroatoms. The van der Waals surface area contributed by atoms with Crippen LogP contribution in [0.25, 0.3) is 0 Å². The summed E-state index contributed by atoms with van der Waals surface area (Å²) in [7, 11) is 1.26. The molecule has 1 unspecified atom stereocenters. The molecule has 1 aromatic rings. The maximum Gasteiger partial charge on any atom is 0.325 e. The molecule has 1 atom stereocenters. The van der Waals surface area contributed by atoms with Crippen LogP contribution in [0.2, 0.25) is 0 Å². The van der Waals surface area contributed by atoms with E-state index < -0.39 is 23.1 Å². The maximum absolute atomic E-state index is 13.2. The summed E-state index contributed by atoms with van der Waals surface area (Å²) in [5.41, 5.74) is 4.65. The largest absolute Gasteiger partial charge is 0.491 e. The molecule has 4 nitrogen and oxygen atoms in total. The van der Waals surface area contributed by atoms with Gasteiger partial charge in [0.05, 0.1) is 13.7 Å². The maximum atomic E-state index is 13.2. The van der Waals surface area contributed by atoms with Gasteiger partial charge in [0, 0.05) is 6.07 Å². The van der Waals surface area contributed by atoms with E-state index in [9.17, 15) is 13.6 Å². The summed E-state index contributed by atoms with van der Waals surface area (Å²) in [5.74, 6) is -1.97. The smallest absolute Gasteiger partial charge is 0.325 e. The molecule has 19 heavy (non-hydrogen) atoms. The highest BCUT2D eigenvalue weighted by Gasteiger charge is 2.28. The van der Waals surface area contributed by atoms with Crippen LogP contribution in [0.5, 0.6) is 5.75 Å². The fraction of sp³-hybridized carbons (Fsp3) is 0.462. The molecule has 0 fully saturated rings. The summed E-state index contributed by atoms with van der Waals surface area (Å²) >= 11 is 0. The van der Waals surface area contributed by atoms with E-state index >= 15 is 0 Å².